The second kappa shape index (κ2) is 6.93. The summed E-state index contributed by atoms with van der Waals surface area (Å²) in [5.41, 5.74) is 0.839. The summed E-state index contributed by atoms with van der Waals surface area (Å²) in [5.74, 6) is -0.0164. The summed E-state index contributed by atoms with van der Waals surface area (Å²) in [5, 5.41) is 3.45. The molecule has 1 N–H and O–H groups in total. The molecule has 112 valence electrons. The molecule has 20 heavy (non-hydrogen) atoms. The van der Waals surface area contributed by atoms with E-state index in [4.69, 9.17) is 4.74 Å². The zero-order valence-corrected chi connectivity index (χ0v) is 12.7. The smallest absolute Gasteiger partial charge is 0.167 e. The summed E-state index contributed by atoms with van der Waals surface area (Å²) in [7, 11) is 1.48. The summed E-state index contributed by atoms with van der Waals surface area (Å²) in [6.45, 7) is 6.75. The lowest BCUT2D eigenvalue weighted by Crippen LogP contribution is -2.32. The molecule has 0 aromatic heterocycles. The molecular weight excluding hydrogens is 255 g/mol. The first-order valence-electron chi connectivity index (χ1n) is 7.44. The van der Waals surface area contributed by atoms with E-state index in [2.05, 4.69) is 24.1 Å². The molecule has 1 unspecified atom stereocenters. The number of hydrogen-bond acceptors (Lipinski definition) is 3. The van der Waals surface area contributed by atoms with E-state index in [1.807, 2.05) is 6.07 Å². The Kier molecular flexibility index (Phi) is 5.24. The molecule has 0 radical (unpaired) electrons. The number of rotatable bonds is 4. The first-order valence-corrected chi connectivity index (χ1v) is 7.44. The third kappa shape index (κ3) is 3.85. The van der Waals surface area contributed by atoms with Gasteiger partial charge in [-0.2, -0.15) is 0 Å². The van der Waals surface area contributed by atoms with E-state index < -0.39 is 0 Å². The van der Waals surface area contributed by atoms with Crippen molar-refractivity contribution in [2.24, 2.45) is 0 Å². The summed E-state index contributed by atoms with van der Waals surface area (Å²) >= 11 is 0. The molecule has 1 aliphatic heterocycles. The molecule has 1 saturated heterocycles. The van der Waals surface area contributed by atoms with Crippen molar-refractivity contribution < 1.29 is 9.13 Å². The van der Waals surface area contributed by atoms with Crippen LogP contribution in [0.25, 0.3) is 0 Å². The summed E-state index contributed by atoms with van der Waals surface area (Å²) < 4.78 is 18.6. The van der Waals surface area contributed by atoms with Gasteiger partial charge >= 0.3 is 0 Å². The van der Waals surface area contributed by atoms with Gasteiger partial charge in [-0.25, -0.2) is 4.39 Å². The molecule has 2 rings (SSSR count). The average Bonchev–Trinajstić information content (AvgIpc) is 2.65. The SMILES string of the molecule is COc1ccc(NC2CCCN(C(C)C)CC2)cc1F. The van der Waals surface area contributed by atoms with Crippen LogP contribution >= 0.6 is 0 Å². The van der Waals surface area contributed by atoms with Crippen molar-refractivity contribution in [1.82, 2.24) is 4.90 Å². The van der Waals surface area contributed by atoms with E-state index in [1.54, 1.807) is 6.07 Å². The molecule has 1 fully saturated rings. The predicted octanol–water partition coefficient (Wildman–Crippen LogP) is 3.51. The highest BCUT2D eigenvalue weighted by molar-refractivity contribution is 5.48. The minimum atomic E-state index is -0.310. The van der Waals surface area contributed by atoms with E-state index in [9.17, 15) is 4.39 Å². The van der Waals surface area contributed by atoms with Gasteiger partial charge in [-0.15, -0.1) is 0 Å². The van der Waals surface area contributed by atoms with Crippen molar-refractivity contribution in [3.05, 3.63) is 24.0 Å². The highest BCUT2D eigenvalue weighted by atomic mass is 19.1. The Labute approximate surface area is 121 Å². The molecule has 0 bridgehead atoms. The van der Waals surface area contributed by atoms with Gasteiger partial charge in [0, 0.05) is 30.4 Å². The van der Waals surface area contributed by atoms with Crippen molar-refractivity contribution >= 4 is 5.69 Å². The highest BCUT2D eigenvalue weighted by Crippen LogP contribution is 2.23. The Morgan fingerprint density at radius 2 is 2.10 bits per heavy atom. The lowest BCUT2D eigenvalue weighted by atomic mass is 10.1. The largest absolute Gasteiger partial charge is 0.494 e. The van der Waals surface area contributed by atoms with E-state index in [0.29, 0.717) is 17.8 Å². The lowest BCUT2D eigenvalue weighted by Gasteiger charge is -2.24. The maximum Gasteiger partial charge on any atom is 0.167 e. The van der Waals surface area contributed by atoms with E-state index in [-0.39, 0.29) is 5.82 Å². The maximum absolute atomic E-state index is 13.7. The summed E-state index contributed by atoms with van der Waals surface area (Å²) in [4.78, 5) is 2.51. The van der Waals surface area contributed by atoms with Gasteiger partial charge in [0.25, 0.3) is 0 Å². The second-order valence-electron chi connectivity index (χ2n) is 5.75. The van der Waals surface area contributed by atoms with Crippen molar-refractivity contribution in [2.45, 2.75) is 45.2 Å². The van der Waals surface area contributed by atoms with E-state index in [1.165, 1.54) is 19.6 Å². The molecule has 1 heterocycles. The first-order chi connectivity index (χ1) is 9.60. The second-order valence-corrected chi connectivity index (χ2v) is 5.75. The Morgan fingerprint density at radius 3 is 2.75 bits per heavy atom. The van der Waals surface area contributed by atoms with Crippen LogP contribution in [0.4, 0.5) is 10.1 Å². The quantitative estimate of drug-likeness (QED) is 0.913. The number of nitrogens with one attached hydrogen (secondary N) is 1. The van der Waals surface area contributed by atoms with Gasteiger partial charge in [0.15, 0.2) is 11.6 Å². The number of hydrogen-bond donors (Lipinski definition) is 1. The first kappa shape index (κ1) is 15.1. The fourth-order valence-corrected chi connectivity index (χ4v) is 2.77. The molecule has 4 heteroatoms. The van der Waals surface area contributed by atoms with Gasteiger partial charge in [0.2, 0.25) is 0 Å². The van der Waals surface area contributed by atoms with Crippen LogP contribution in [-0.4, -0.2) is 37.2 Å². The van der Waals surface area contributed by atoms with E-state index in [0.717, 1.165) is 31.6 Å². The number of anilines is 1. The predicted molar refractivity (Wildman–Crippen MR) is 80.9 cm³/mol. The van der Waals surface area contributed by atoms with Crippen molar-refractivity contribution in [1.29, 1.82) is 0 Å². The number of nitrogens with zero attached hydrogens (tertiary/aromatic N) is 1. The molecule has 0 aliphatic carbocycles. The summed E-state index contributed by atoms with van der Waals surface area (Å²) in [6, 6.07) is 6.10. The lowest BCUT2D eigenvalue weighted by molar-refractivity contribution is 0.230. The van der Waals surface area contributed by atoms with Crippen molar-refractivity contribution in [3.63, 3.8) is 0 Å². The van der Waals surface area contributed by atoms with Crippen LogP contribution in [0.1, 0.15) is 33.1 Å². The molecule has 1 atom stereocenters. The van der Waals surface area contributed by atoms with Crippen molar-refractivity contribution in [2.75, 3.05) is 25.5 Å². The van der Waals surface area contributed by atoms with Crippen LogP contribution in [0, 0.1) is 5.82 Å². The van der Waals surface area contributed by atoms with Crippen LogP contribution in [0.2, 0.25) is 0 Å². The molecule has 1 aromatic rings. The Hall–Kier alpha value is -1.29. The molecule has 0 saturated carbocycles. The molecule has 1 aliphatic rings. The standard InChI is InChI=1S/C16H25FN2O/c1-12(2)19-9-4-5-13(8-10-19)18-14-6-7-16(20-3)15(17)11-14/h6-7,11-13,18H,4-5,8-10H2,1-3H3. The van der Waals surface area contributed by atoms with Gasteiger partial charge < -0.3 is 15.0 Å². The number of ether oxygens (including phenoxy) is 1. The highest BCUT2D eigenvalue weighted by Gasteiger charge is 2.18. The Bertz CT molecular complexity index is 436. The minimum Gasteiger partial charge on any atom is -0.494 e. The fraction of sp³-hybridized carbons (Fsp3) is 0.625. The third-order valence-corrected chi connectivity index (χ3v) is 4.02. The van der Waals surface area contributed by atoms with Gasteiger partial charge in [-0.05, 0) is 51.8 Å². The fourth-order valence-electron chi connectivity index (χ4n) is 2.77. The average molecular weight is 280 g/mol. The zero-order valence-electron chi connectivity index (χ0n) is 12.7. The van der Waals surface area contributed by atoms with Crippen LogP contribution in [0.5, 0.6) is 5.75 Å². The monoisotopic (exact) mass is 280 g/mol. The third-order valence-electron chi connectivity index (χ3n) is 4.02. The maximum atomic E-state index is 13.7. The van der Waals surface area contributed by atoms with Crippen molar-refractivity contribution in [3.8, 4) is 5.75 Å². The normalized spacial score (nSPS) is 20.8. The number of likely N-dealkylation sites (tertiary alicyclic amines) is 1. The molecular formula is C16H25FN2O. The van der Waals surface area contributed by atoms with Gasteiger partial charge in [-0.3, -0.25) is 0 Å². The van der Waals surface area contributed by atoms with Gasteiger partial charge in [-0.1, -0.05) is 0 Å². The topological polar surface area (TPSA) is 24.5 Å². The van der Waals surface area contributed by atoms with Gasteiger partial charge in [0.1, 0.15) is 0 Å². The van der Waals surface area contributed by atoms with Crippen LogP contribution < -0.4 is 10.1 Å². The Morgan fingerprint density at radius 1 is 1.30 bits per heavy atom. The molecule has 3 nitrogen and oxygen atoms in total. The minimum absolute atomic E-state index is 0.294. The number of methoxy groups -OCH3 is 1. The number of halogens is 1. The molecule has 0 spiro atoms. The van der Waals surface area contributed by atoms with Gasteiger partial charge in [0.05, 0.1) is 7.11 Å². The van der Waals surface area contributed by atoms with Crippen LogP contribution in [0.15, 0.2) is 18.2 Å². The van der Waals surface area contributed by atoms with Crippen LogP contribution in [-0.2, 0) is 0 Å². The van der Waals surface area contributed by atoms with E-state index >= 15 is 0 Å². The molecule has 0 amide bonds. The Balaban J connectivity index is 1.94. The molecule has 1 aromatic carbocycles. The summed E-state index contributed by atoms with van der Waals surface area (Å²) in [6.07, 6.45) is 3.43. The number of benzene rings is 1. The van der Waals surface area contributed by atoms with Crippen LogP contribution in [0.3, 0.4) is 0 Å². The zero-order chi connectivity index (χ0) is 14.5.